The number of nitriles is 1. The van der Waals surface area contributed by atoms with Crippen LogP contribution in [0, 0.1) is 11.3 Å². The van der Waals surface area contributed by atoms with Crippen LogP contribution in [0.25, 0.3) is 11.3 Å². The van der Waals surface area contributed by atoms with E-state index in [0.717, 1.165) is 11.3 Å². The maximum Gasteiger partial charge on any atom is 0.225 e. The van der Waals surface area contributed by atoms with Gasteiger partial charge >= 0.3 is 0 Å². The molecule has 2 aromatic carbocycles. The standard InChI is InChI=1S/C23H21N3O3S/c1-28-18-9-11-20(21(14-18)29-2)25-22(27)12-13-30-23-17(15-24)8-10-19(26-23)16-6-4-3-5-7-16/h3-11,14H,12-13H2,1-2H3,(H,25,27). The van der Waals surface area contributed by atoms with Crippen molar-refractivity contribution in [3.8, 4) is 28.8 Å². The lowest BCUT2D eigenvalue weighted by Gasteiger charge is -2.11. The van der Waals surface area contributed by atoms with Crippen molar-refractivity contribution in [3.63, 3.8) is 0 Å². The quantitative estimate of drug-likeness (QED) is 0.530. The van der Waals surface area contributed by atoms with Gasteiger partial charge in [0.1, 0.15) is 22.6 Å². The number of anilines is 1. The molecular formula is C23H21N3O3S. The van der Waals surface area contributed by atoms with Gasteiger partial charge in [0.25, 0.3) is 0 Å². The Balaban J connectivity index is 1.63. The molecule has 1 N–H and O–H groups in total. The lowest BCUT2D eigenvalue weighted by Crippen LogP contribution is -2.13. The normalized spacial score (nSPS) is 10.2. The van der Waals surface area contributed by atoms with Crippen LogP contribution in [0.2, 0.25) is 0 Å². The molecule has 0 aliphatic carbocycles. The van der Waals surface area contributed by atoms with Gasteiger partial charge < -0.3 is 14.8 Å². The van der Waals surface area contributed by atoms with E-state index < -0.39 is 0 Å². The third-order valence-corrected chi connectivity index (χ3v) is 5.29. The van der Waals surface area contributed by atoms with Gasteiger partial charge in [0.05, 0.1) is 31.2 Å². The molecule has 152 valence electrons. The van der Waals surface area contributed by atoms with E-state index in [4.69, 9.17) is 9.47 Å². The number of pyridine rings is 1. The van der Waals surface area contributed by atoms with Crippen molar-refractivity contribution in [2.45, 2.75) is 11.4 Å². The smallest absolute Gasteiger partial charge is 0.225 e. The molecule has 1 amide bonds. The molecule has 1 heterocycles. The first-order valence-electron chi connectivity index (χ1n) is 9.26. The summed E-state index contributed by atoms with van der Waals surface area (Å²) in [6.07, 6.45) is 0.266. The molecule has 0 atom stereocenters. The number of benzene rings is 2. The van der Waals surface area contributed by atoms with Crippen molar-refractivity contribution >= 4 is 23.4 Å². The minimum Gasteiger partial charge on any atom is -0.497 e. The first-order chi connectivity index (χ1) is 14.6. The van der Waals surface area contributed by atoms with Gasteiger partial charge in [0, 0.05) is 23.8 Å². The Labute approximate surface area is 179 Å². The zero-order valence-corrected chi connectivity index (χ0v) is 17.5. The summed E-state index contributed by atoms with van der Waals surface area (Å²) in [5.74, 6) is 1.52. The average Bonchev–Trinajstić information content (AvgIpc) is 2.79. The van der Waals surface area contributed by atoms with Gasteiger partial charge in [-0.25, -0.2) is 4.98 Å². The number of rotatable bonds is 8. The van der Waals surface area contributed by atoms with E-state index >= 15 is 0 Å². The number of carbonyl (C=O) groups excluding carboxylic acids is 1. The second-order valence-corrected chi connectivity index (χ2v) is 7.32. The second kappa shape index (κ2) is 10.3. The molecular weight excluding hydrogens is 398 g/mol. The van der Waals surface area contributed by atoms with Gasteiger partial charge in [-0.1, -0.05) is 30.3 Å². The molecule has 3 rings (SSSR count). The van der Waals surface area contributed by atoms with E-state index in [0.29, 0.717) is 33.5 Å². The van der Waals surface area contributed by atoms with Crippen molar-refractivity contribution in [2.24, 2.45) is 0 Å². The zero-order valence-electron chi connectivity index (χ0n) is 16.7. The summed E-state index contributed by atoms with van der Waals surface area (Å²) in [5.41, 5.74) is 2.85. The van der Waals surface area contributed by atoms with Crippen LogP contribution in [0.5, 0.6) is 11.5 Å². The van der Waals surface area contributed by atoms with Crippen molar-refractivity contribution in [1.82, 2.24) is 4.98 Å². The molecule has 3 aromatic rings. The molecule has 0 aliphatic rings. The van der Waals surface area contributed by atoms with Crippen molar-refractivity contribution < 1.29 is 14.3 Å². The Hall–Kier alpha value is -3.50. The van der Waals surface area contributed by atoms with E-state index in [9.17, 15) is 10.1 Å². The van der Waals surface area contributed by atoms with Gasteiger partial charge in [-0.15, -0.1) is 11.8 Å². The Kier molecular flexibility index (Phi) is 7.30. The topological polar surface area (TPSA) is 84.2 Å². The van der Waals surface area contributed by atoms with Crippen LogP contribution in [-0.2, 0) is 4.79 Å². The maximum atomic E-state index is 12.4. The molecule has 0 bridgehead atoms. The number of methoxy groups -OCH3 is 2. The van der Waals surface area contributed by atoms with Crippen LogP contribution in [0.3, 0.4) is 0 Å². The summed E-state index contributed by atoms with van der Waals surface area (Å²) in [7, 11) is 3.11. The van der Waals surface area contributed by atoms with Crippen molar-refractivity contribution in [1.29, 1.82) is 5.26 Å². The molecule has 7 heteroatoms. The van der Waals surface area contributed by atoms with E-state index in [1.165, 1.54) is 18.9 Å². The number of thioether (sulfide) groups is 1. The lowest BCUT2D eigenvalue weighted by molar-refractivity contribution is -0.115. The van der Waals surface area contributed by atoms with Crippen LogP contribution < -0.4 is 14.8 Å². The van der Waals surface area contributed by atoms with Crippen LogP contribution in [0.15, 0.2) is 65.7 Å². The molecule has 0 fully saturated rings. The lowest BCUT2D eigenvalue weighted by atomic mass is 10.1. The van der Waals surface area contributed by atoms with Gasteiger partial charge in [0.2, 0.25) is 5.91 Å². The van der Waals surface area contributed by atoms with Crippen LogP contribution in [0.4, 0.5) is 5.69 Å². The average molecular weight is 420 g/mol. The molecule has 0 spiro atoms. The van der Waals surface area contributed by atoms with Gasteiger partial charge in [0.15, 0.2) is 0 Å². The minimum absolute atomic E-state index is 0.149. The number of amides is 1. The summed E-state index contributed by atoms with van der Waals surface area (Å²) < 4.78 is 10.5. The Bertz CT molecular complexity index is 1070. The van der Waals surface area contributed by atoms with Crippen LogP contribution in [-0.4, -0.2) is 30.9 Å². The Morgan fingerprint density at radius 1 is 1.10 bits per heavy atom. The van der Waals surface area contributed by atoms with Crippen molar-refractivity contribution in [3.05, 3.63) is 66.2 Å². The highest BCUT2D eigenvalue weighted by Gasteiger charge is 2.12. The zero-order chi connectivity index (χ0) is 21.3. The highest BCUT2D eigenvalue weighted by Crippen LogP contribution is 2.30. The van der Waals surface area contributed by atoms with E-state index in [2.05, 4.69) is 16.4 Å². The molecule has 0 saturated carbocycles. The fourth-order valence-electron chi connectivity index (χ4n) is 2.76. The minimum atomic E-state index is -0.149. The Morgan fingerprint density at radius 3 is 2.60 bits per heavy atom. The van der Waals surface area contributed by atoms with Crippen LogP contribution >= 0.6 is 11.8 Å². The fraction of sp³-hybridized carbons (Fsp3) is 0.174. The van der Waals surface area contributed by atoms with E-state index in [1.54, 1.807) is 31.4 Å². The van der Waals surface area contributed by atoms with E-state index in [-0.39, 0.29) is 12.3 Å². The predicted octanol–water partition coefficient (Wildman–Crippen LogP) is 4.76. The summed E-state index contributed by atoms with van der Waals surface area (Å²) >= 11 is 1.39. The van der Waals surface area contributed by atoms with Crippen LogP contribution in [0.1, 0.15) is 12.0 Å². The van der Waals surface area contributed by atoms with Gasteiger partial charge in [-0.2, -0.15) is 5.26 Å². The van der Waals surface area contributed by atoms with Crippen molar-refractivity contribution in [2.75, 3.05) is 25.3 Å². The second-order valence-electron chi connectivity index (χ2n) is 6.24. The molecule has 0 unspecified atom stereocenters. The monoisotopic (exact) mass is 419 g/mol. The first-order valence-corrected chi connectivity index (χ1v) is 10.2. The first kappa shape index (κ1) is 21.2. The highest BCUT2D eigenvalue weighted by atomic mass is 32.2. The summed E-state index contributed by atoms with van der Waals surface area (Å²) in [6.45, 7) is 0. The molecule has 0 saturated heterocycles. The molecule has 30 heavy (non-hydrogen) atoms. The molecule has 0 radical (unpaired) electrons. The van der Waals surface area contributed by atoms with Gasteiger partial charge in [-0.3, -0.25) is 4.79 Å². The molecule has 0 aliphatic heterocycles. The highest BCUT2D eigenvalue weighted by molar-refractivity contribution is 7.99. The molecule has 6 nitrogen and oxygen atoms in total. The number of hydrogen-bond acceptors (Lipinski definition) is 6. The maximum absolute atomic E-state index is 12.4. The number of nitrogens with one attached hydrogen (secondary N) is 1. The SMILES string of the molecule is COc1ccc(NC(=O)CCSc2nc(-c3ccccc3)ccc2C#N)c(OC)c1. The summed E-state index contributed by atoms with van der Waals surface area (Å²) in [4.78, 5) is 17.0. The largest absolute Gasteiger partial charge is 0.497 e. The third kappa shape index (κ3) is 5.31. The number of carbonyl (C=O) groups is 1. The summed E-state index contributed by atoms with van der Waals surface area (Å²) in [5, 5.41) is 12.8. The van der Waals surface area contributed by atoms with E-state index in [1.807, 2.05) is 36.4 Å². The Morgan fingerprint density at radius 2 is 1.90 bits per heavy atom. The summed E-state index contributed by atoms with van der Waals surface area (Å²) in [6, 6.07) is 20.7. The van der Waals surface area contributed by atoms with Gasteiger partial charge in [-0.05, 0) is 24.3 Å². The number of nitrogens with zero attached hydrogens (tertiary/aromatic N) is 2. The number of ether oxygens (including phenoxy) is 2. The third-order valence-electron chi connectivity index (χ3n) is 4.30. The number of aromatic nitrogens is 1. The molecule has 1 aromatic heterocycles. The predicted molar refractivity (Wildman–Crippen MR) is 118 cm³/mol. The fourth-order valence-corrected chi connectivity index (χ4v) is 3.67. The number of hydrogen-bond donors (Lipinski definition) is 1.